The van der Waals surface area contributed by atoms with E-state index in [-0.39, 0.29) is 18.3 Å². The van der Waals surface area contributed by atoms with Gasteiger partial charge in [-0.1, -0.05) is 6.07 Å². The number of hydrogen-bond donors (Lipinski definition) is 2. The molecular weight excluding hydrogens is 297 g/mol. The van der Waals surface area contributed by atoms with Gasteiger partial charge in [0.25, 0.3) is 0 Å². The van der Waals surface area contributed by atoms with Gasteiger partial charge in [0.05, 0.1) is 5.69 Å². The summed E-state index contributed by atoms with van der Waals surface area (Å²) in [6, 6.07) is 4.88. The van der Waals surface area contributed by atoms with E-state index in [1.807, 2.05) is 6.92 Å². The van der Waals surface area contributed by atoms with Gasteiger partial charge in [0.1, 0.15) is 5.82 Å². The van der Waals surface area contributed by atoms with E-state index in [1.54, 1.807) is 17.0 Å². The Morgan fingerprint density at radius 3 is 2.78 bits per heavy atom. The second kappa shape index (κ2) is 8.26. The maximum absolute atomic E-state index is 13.7. The first-order chi connectivity index (χ1) is 11.0. The van der Waals surface area contributed by atoms with E-state index in [2.05, 4.69) is 17.3 Å². The zero-order valence-electron chi connectivity index (χ0n) is 13.9. The van der Waals surface area contributed by atoms with Gasteiger partial charge in [-0.05, 0) is 50.9 Å². The average molecular weight is 323 g/mol. The van der Waals surface area contributed by atoms with Crippen molar-refractivity contribution < 1.29 is 14.3 Å². The first-order valence-corrected chi connectivity index (χ1v) is 8.14. The summed E-state index contributed by atoms with van der Waals surface area (Å²) in [6.45, 7) is 4.25. The van der Waals surface area contributed by atoms with Crippen molar-refractivity contribution in [2.45, 2.75) is 32.2 Å². The molecule has 2 rings (SSSR count). The van der Waals surface area contributed by atoms with Gasteiger partial charge < -0.3 is 20.2 Å². The van der Waals surface area contributed by atoms with Crippen LogP contribution in [0.2, 0.25) is 0 Å². The molecule has 1 aromatic rings. The molecule has 1 aromatic carbocycles. The zero-order chi connectivity index (χ0) is 16.8. The van der Waals surface area contributed by atoms with Crippen LogP contribution < -0.4 is 5.32 Å². The minimum atomic E-state index is -0.414. The number of halogens is 1. The largest absolute Gasteiger partial charge is 0.396 e. The monoisotopic (exact) mass is 323 g/mol. The summed E-state index contributed by atoms with van der Waals surface area (Å²) < 4.78 is 13.7. The van der Waals surface area contributed by atoms with Gasteiger partial charge in [-0.3, -0.25) is 0 Å². The van der Waals surface area contributed by atoms with E-state index in [9.17, 15) is 9.18 Å². The molecule has 0 unspecified atom stereocenters. The number of likely N-dealkylation sites (tertiary alicyclic amines) is 1. The van der Waals surface area contributed by atoms with Gasteiger partial charge in [-0.25, -0.2) is 9.18 Å². The van der Waals surface area contributed by atoms with E-state index in [0.717, 1.165) is 31.4 Å². The van der Waals surface area contributed by atoms with E-state index in [4.69, 9.17) is 5.11 Å². The number of amides is 2. The van der Waals surface area contributed by atoms with Crippen molar-refractivity contribution in [1.82, 2.24) is 9.80 Å². The number of aryl methyl sites for hydroxylation is 1. The molecule has 5 nitrogen and oxygen atoms in total. The molecule has 0 aliphatic carbocycles. The molecule has 0 saturated carbocycles. The van der Waals surface area contributed by atoms with Gasteiger partial charge in [0.15, 0.2) is 0 Å². The van der Waals surface area contributed by atoms with Gasteiger partial charge in [0, 0.05) is 32.3 Å². The number of nitrogens with zero attached hydrogens (tertiary/aromatic N) is 2. The summed E-state index contributed by atoms with van der Waals surface area (Å²) in [5, 5.41) is 11.6. The maximum Gasteiger partial charge on any atom is 0.321 e. The second-order valence-electron chi connectivity index (χ2n) is 6.19. The number of aliphatic hydroxyl groups excluding tert-OH is 1. The van der Waals surface area contributed by atoms with Gasteiger partial charge in [-0.2, -0.15) is 0 Å². The van der Waals surface area contributed by atoms with E-state index in [0.29, 0.717) is 19.1 Å². The Balaban J connectivity index is 1.85. The summed E-state index contributed by atoms with van der Waals surface area (Å²) in [5.74, 6) is -0.414. The molecule has 0 bridgehead atoms. The van der Waals surface area contributed by atoms with Crippen molar-refractivity contribution in [3.63, 3.8) is 0 Å². The zero-order valence-corrected chi connectivity index (χ0v) is 13.9. The Labute approximate surface area is 137 Å². The molecule has 0 aromatic heterocycles. The molecule has 23 heavy (non-hydrogen) atoms. The Morgan fingerprint density at radius 2 is 2.13 bits per heavy atom. The fraction of sp³-hybridized carbons (Fsp3) is 0.588. The number of anilines is 1. The second-order valence-corrected chi connectivity index (χ2v) is 6.19. The van der Waals surface area contributed by atoms with Crippen LogP contribution in [0.3, 0.4) is 0 Å². The van der Waals surface area contributed by atoms with E-state index < -0.39 is 5.82 Å². The minimum Gasteiger partial charge on any atom is -0.396 e. The lowest BCUT2D eigenvalue weighted by molar-refractivity contribution is 0.134. The number of aliphatic hydroxyl groups is 1. The Morgan fingerprint density at radius 1 is 1.43 bits per heavy atom. The first kappa shape index (κ1) is 17.7. The Hall–Kier alpha value is -1.66. The van der Waals surface area contributed by atoms with E-state index >= 15 is 0 Å². The Kier molecular flexibility index (Phi) is 6.36. The molecule has 2 amide bonds. The number of carbonyl (C=O) groups excluding carboxylic acids is 1. The molecule has 1 aliphatic heterocycles. The fourth-order valence-electron chi connectivity index (χ4n) is 2.94. The minimum absolute atomic E-state index is 0.202. The van der Waals surface area contributed by atoms with Crippen LogP contribution in [-0.4, -0.2) is 60.3 Å². The summed E-state index contributed by atoms with van der Waals surface area (Å²) >= 11 is 0. The molecule has 6 heteroatoms. The molecular formula is C17H26FN3O2. The highest BCUT2D eigenvalue weighted by molar-refractivity contribution is 5.89. The van der Waals surface area contributed by atoms with Crippen molar-refractivity contribution in [2.24, 2.45) is 0 Å². The van der Waals surface area contributed by atoms with Crippen LogP contribution in [0.25, 0.3) is 0 Å². The number of urea groups is 1. The number of rotatable bonds is 5. The molecule has 0 spiro atoms. The third-order valence-electron chi connectivity index (χ3n) is 4.41. The number of piperidine rings is 1. The number of carbonyl (C=O) groups is 1. The highest BCUT2D eigenvalue weighted by Crippen LogP contribution is 2.19. The van der Waals surface area contributed by atoms with Gasteiger partial charge >= 0.3 is 6.03 Å². The SMILES string of the molecule is Cc1ccc(F)c(NC(=O)N2CCC(N(C)CCCO)CC2)c1. The van der Waals surface area contributed by atoms with Crippen LogP contribution in [0.1, 0.15) is 24.8 Å². The fourth-order valence-corrected chi connectivity index (χ4v) is 2.94. The van der Waals surface area contributed by atoms with Crippen molar-refractivity contribution in [2.75, 3.05) is 38.6 Å². The van der Waals surface area contributed by atoms with Crippen molar-refractivity contribution >= 4 is 11.7 Å². The highest BCUT2D eigenvalue weighted by Gasteiger charge is 2.25. The van der Waals surface area contributed by atoms with Crippen molar-refractivity contribution in [3.05, 3.63) is 29.6 Å². The van der Waals surface area contributed by atoms with Crippen molar-refractivity contribution in [1.29, 1.82) is 0 Å². The predicted molar refractivity (Wildman–Crippen MR) is 89.1 cm³/mol. The topological polar surface area (TPSA) is 55.8 Å². The third kappa shape index (κ3) is 4.91. The van der Waals surface area contributed by atoms with Crippen LogP contribution in [0.4, 0.5) is 14.9 Å². The lowest BCUT2D eigenvalue weighted by Crippen LogP contribution is -2.47. The van der Waals surface area contributed by atoms with Crippen LogP contribution >= 0.6 is 0 Å². The Bertz CT molecular complexity index is 531. The first-order valence-electron chi connectivity index (χ1n) is 8.14. The summed E-state index contributed by atoms with van der Waals surface area (Å²) in [6.07, 6.45) is 2.56. The molecule has 0 radical (unpaired) electrons. The predicted octanol–water partition coefficient (Wildman–Crippen LogP) is 2.44. The van der Waals surface area contributed by atoms with Crippen LogP contribution in [-0.2, 0) is 0 Å². The van der Waals surface area contributed by atoms with Crippen LogP contribution in [0.5, 0.6) is 0 Å². The molecule has 1 heterocycles. The molecule has 2 N–H and O–H groups in total. The highest BCUT2D eigenvalue weighted by atomic mass is 19.1. The van der Waals surface area contributed by atoms with Crippen molar-refractivity contribution in [3.8, 4) is 0 Å². The van der Waals surface area contributed by atoms with Gasteiger partial charge in [-0.15, -0.1) is 0 Å². The van der Waals surface area contributed by atoms with E-state index in [1.165, 1.54) is 6.07 Å². The quantitative estimate of drug-likeness (QED) is 0.875. The lowest BCUT2D eigenvalue weighted by atomic mass is 10.0. The third-order valence-corrected chi connectivity index (χ3v) is 4.41. The van der Waals surface area contributed by atoms with Crippen LogP contribution in [0, 0.1) is 12.7 Å². The molecule has 128 valence electrons. The number of nitrogens with one attached hydrogen (secondary N) is 1. The molecule has 1 aliphatic rings. The number of benzene rings is 1. The summed E-state index contributed by atoms with van der Waals surface area (Å²) in [7, 11) is 2.05. The molecule has 0 atom stereocenters. The normalized spacial score (nSPS) is 16.0. The standard InChI is InChI=1S/C17H26FN3O2/c1-13-4-5-15(18)16(12-13)19-17(23)21-9-6-14(7-10-21)20(2)8-3-11-22/h4-5,12,14,22H,3,6-11H2,1-2H3,(H,19,23). The molecule has 1 fully saturated rings. The lowest BCUT2D eigenvalue weighted by Gasteiger charge is -2.36. The average Bonchev–Trinajstić information content (AvgIpc) is 2.56. The molecule has 1 saturated heterocycles. The maximum atomic E-state index is 13.7. The smallest absolute Gasteiger partial charge is 0.321 e. The summed E-state index contributed by atoms with van der Waals surface area (Å²) in [4.78, 5) is 16.3. The van der Waals surface area contributed by atoms with Crippen LogP contribution in [0.15, 0.2) is 18.2 Å². The van der Waals surface area contributed by atoms with Gasteiger partial charge in [0.2, 0.25) is 0 Å². The summed E-state index contributed by atoms with van der Waals surface area (Å²) in [5.41, 5.74) is 1.14. The number of hydrogen-bond acceptors (Lipinski definition) is 3.